The van der Waals surface area contributed by atoms with Crippen LogP contribution in [0.1, 0.15) is 31.7 Å². The summed E-state index contributed by atoms with van der Waals surface area (Å²) in [5, 5.41) is 0. The fourth-order valence-electron chi connectivity index (χ4n) is 1.69. The maximum absolute atomic E-state index is 11.2. The molecule has 1 amide bonds. The van der Waals surface area contributed by atoms with Crippen LogP contribution in [0.3, 0.4) is 0 Å². The Labute approximate surface area is 116 Å². The van der Waals surface area contributed by atoms with Gasteiger partial charge in [-0.2, -0.15) is 0 Å². The Bertz CT molecular complexity index is 468. The van der Waals surface area contributed by atoms with E-state index >= 15 is 0 Å². The summed E-state index contributed by atoms with van der Waals surface area (Å²) in [6, 6.07) is 7.40. The van der Waals surface area contributed by atoms with Gasteiger partial charge < -0.3 is 10.5 Å². The molecule has 2 rings (SSSR count). The minimum absolute atomic E-state index is 0.180. The van der Waals surface area contributed by atoms with E-state index in [0.717, 1.165) is 12.0 Å². The van der Waals surface area contributed by atoms with Crippen molar-refractivity contribution in [1.29, 1.82) is 0 Å². The number of rotatable bonds is 4. The number of alkyl halides is 2. The topological polar surface area (TPSA) is 52.3 Å². The molecule has 0 radical (unpaired) electrons. The molecule has 0 heterocycles. The first-order valence-corrected chi connectivity index (χ1v) is 6.45. The van der Waals surface area contributed by atoms with Gasteiger partial charge in [-0.05, 0) is 38.0 Å². The van der Waals surface area contributed by atoms with Crippen molar-refractivity contribution in [1.82, 2.24) is 0 Å². The lowest BCUT2D eigenvalue weighted by Gasteiger charge is -2.22. The van der Waals surface area contributed by atoms with E-state index in [9.17, 15) is 4.79 Å². The largest absolute Gasteiger partial charge is 0.478 e. The number of amides is 1. The van der Waals surface area contributed by atoms with Crippen molar-refractivity contribution in [2.24, 2.45) is 5.73 Å². The number of carbonyl (C=O) groups excluding carboxylic acids is 1. The predicted octanol–water partition coefficient (Wildman–Crippen LogP) is 2.99. The molecular formula is C13H15Cl2NO2. The first-order chi connectivity index (χ1) is 8.22. The van der Waals surface area contributed by atoms with Gasteiger partial charge in [-0.15, -0.1) is 23.2 Å². The molecule has 3 nitrogen and oxygen atoms in total. The third-order valence-electron chi connectivity index (χ3n) is 3.07. The number of ether oxygens (including phenoxy) is 1. The number of benzene rings is 1. The Morgan fingerprint density at radius 3 is 2.28 bits per heavy atom. The van der Waals surface area contributed by atoms with Gasteiger partial charge in [0.2, 0.25) is 0 Å². The maximum atomic E-state index is 11.2. The van der Waals surface area contributed by atoms with Gasteiger partial charge >= 0.3 is 0 Å². The normalized spacial score (nSPS) is 21.4. The van der Waals surface area contributed by atoms with Crippen LogP contribution in [0, 0.1) is 0 Å². The monoisotopic (exact) mass is 287 g/mol. The van der Waals surface area contributed by atoms with Gasteiger partial charge in [0.05, 0.1) is 0 Å². The van der Waals surface area contributed by atoms with E-state index in [1.54, 1.807) is 26.0 Å². The number of hydrogen-bond donors (Lipinski definition) is 1. The van der Waals surface area contributed by atoms with Gasteiger partial charge in [0.15, 0.2) is 5.60 Å². The van der Waals surface area contributed by atoms with Gasteiger partial charge in [-0.3, -0.25) is 4.79 Å². The Morgan fingerprint density at radius 2 is 1.89 bits per heavy atom. The lowest BCUT2D eigenvalue weighted by molar-refractivity contribution is -0.130. The van der Waals surface area contributed by atoms with E-state index in [2.05, 4.69) is 0 Å². The minimum Gasteiger partial charge on any atom is -0.478 e. The van der Waals surface area contributed by atoms with E-state index in [4.69, 9.17) is 33.7 Å². The summed E-state index contributed by atoms with van der Waals surface area (Å²) in [7, 11) is 0. The Balaban J connectivity index is 2.07. The summed E-state index contributed by atoms with van der Waals surface area (Å²) in [4.78, 5) is 11.2. The van der Waals surface area contributed by atoms with Crippen molar-refractivity contribution in [3.63, 3.8) is 0 Å². The zero-order chi connectivity index (χ0) is 13.6. The smallest absolute Gasteiger partial charge is 0.261 e. The van der Waals surface area contributed by atoms with Crippen LogP contribution < -0.4 is 10.5 Å². The van der Waals surface area contributed by atoms with Crippen LogP contribution in [0.2, 0.25) is 0 Å². The minimum atomic E-state index is -1.02. The molecule has 1 saturated carbocycles. The molecule has 98 valence electrons. The van der Waals surface area contributed by atoms with E-state index in [1.165, 1.54) is 0 Å². The van der Waals surface area contributed by atoms with E-state index in [0.29, 0.717) is 5.75 Å². The Hall–Kier alpha value is -0.930. The fraction of sp³-hybridized carbons (Fsp3) is 0.462. The van der Waals surface area contributed by atoms with Gasteiger partial charge in [-0.1, -0.05) is 12.1 Å². The fourth-order valence-corrected chi connectivity index (χ4v) is 2.25. The molecule has 1 aliphatic carbocycles. The zero-order valence-corrected chi connectivity index (χ0v) is 11.8. The molecule has 0 bridgehead atoms. The van der Waals surface area contributed by atoms with E-state index in [-0.39, 0.29) is 5.92 Å². The second-order valence-electron chi connectivity index (χ2n) is 5.06. The van der Waals surface area contributed by atoms with Gasteiger partial charge in [-0.25, -0.2) is 0 Å². The Morgan fingerprint density at radius 1 is 1.39 bits per heavy atom. The van der Waals surface area contributed by atoms with Crippen LogP contribution in [0.5, 0.6) is 5.75 Å². The molecule has 1 aromatic carbocycles. The molecule has 0 saturated heterocycles. The molecule has 0 spiro atoms. The number of carbonyl (C=O) groups is 1. The van der Waals surface area contributed by atoms with Crippen molar-refractivity contribution in [2.45, 2.75) is 36.1 Å². The quantitative estimate of drug-likeness (QED) is 0.866. The van der Waals surface area contributed by atoms with Crippen LogP contribution in [0.4, 0.5) is 0 Å². The molecule has 1 unspecified atom stereocenters. The third-order valence-corrected chi connectivity index (χ3v) is 3.91. The van der Waals surface area contributed by atoms with Crippen LogP contribution in [-0.2, 0) is 4.79 Å². The highest BCUT2D eigenvalue weighted by Gasteiger charge is 2.52. The molecule has 0 aliphatic heterocycles. The summed E-state index contributed by atoms with van der Waals surface area (Å²) >= 11 is 12.0. The second-order valence-corrected chi connectivity index (χ2v) is 6.61. The predicted molar refractivity (Wildman–Crippen MR) is 72.1 cm³/mol. The molecule has 1 aliphatic rings. The number of primary amides is 1. The van der Waals surface area contributed by atoms with Gasteiger partial charge in [0, 0.05) is 5.92 Å². The summed E-state index contributed by atoms with van der Waals surface area (Å²) in [5.41, 5.74) is 5.29. The number of hydrogen-bond acceptors (Lipinski definition) is 2. The third kappa shape index (κ3) is 2.73. The molecule has 1 aromatic rings. The average Bonchev–Trinajstić information content (AvgIpc) is 2.88. The summed E-state index contributed by atoms with van der Waals surface area (Å²) < 4.78 is 4.90. The highest BCUT2D eigenvalue weighted by atomic mass is 35.5. The van der Waals surface area contributed by atoms with Gasteiger partial charge in [0.1, 0.15) is 10.1 Å². The van der Waals surface area contributed by atoms with Crippen molar-refractivity contribution < 1.29 is 9.53 Å². The molecule has 0 aromatic heterocycles. The maximum Gasteiger partial charge on any atom is 0.261 e. The van der Waals surface area contributed by atoms with Crippen LogP contribution in [0.25, 0.3) is 0 Å². The zero-order valence-electron chi connectivity index (χ0n) is 10.2. The lowest BCUT2D eigenvalue weighted by Crippen LogP contribution is -2.43. The van der Waals surface area contributed by atoms with Crippen molar-refractivity contribution >= 4 is 29.1 Å². The molecule has 1 fully saturated rings. The molecule has 2 N–H and O–H groups in total. The van der Waals surface area contributed by atoms with Crippen molar-refractivity contribution in [2.75, 3.05) is 0 Å². The average molecular weight is 288 g/mol. The Kier molecular flexibility index (Phi) is 3.24. The van der Waals surface area contributed by atoms with Crippen LogP contribution in [-0.4, -0.2) is 15.8 Å². The summed E-state index contributed by atoms with van der Waals surface area (Å²) in [6.45, 7) is 3.26. The second kappa shape index (κ2) is 4.32. The standard InChI is InChI=1S/C13H15Cl2NO2/c1-12(2,11(16)17)18-9-5-3-8(4-6-9)10-7-13(10,14)15/h3-6,10H,7H2,1-2H3,(H2,16,17). The first-order valence-electron chi connectivity index (χ1n) is 5.69. The molecular weight excluding hydrogens is 273 g/mol. The molecule has 1 atom stereocenters. The summed E-state index contributed by atoms with van der Waals surface area (Å²) in [5.74, 6) is 0.270. The molecule has 5 heteroatoms. The van der Waals surface area contributed by atoms with E-state index in [1.807, 2.05) is 12.1 Å². The van der Waals surface area contributed by atoms with E-state index < -0.39 is 15.8 Å². The first kappa shape index (κ1) is 13.5. The number of halogens is 2. The van der Waals surface area contributed by atoms with Crippen LogP contribution in [0.15, 0.2) is 24.3 Å². The highest BCUT2D eigenvalue weighted by Crippen LogP contribution is 2.59. The van der Waals surface area contributed by atoms with Crippen molar-refractivity contribution in [3.05, 3.63) is 29.8 Å². The number of nitrogens with two attached hydrogens (primary N) is 1. The highest BCUT2D eigenvalue weighted by molar-refractivity contribution is 6.51. The lowest BCUT2D eigenvalue weighted by atomic mass is 10.1. The molecule has 18 heavy (non-hydrogen) atoms. The van der Waals surface area contributed by atoms with Gasteiger partial charge in [0.25, 0.3) is 5.91 Å². The SMILES string of the molecule is CC(C)(Oc1ccc(C2CC2(Cl)Cl)cc1)C(N)=O. The summed E-state index contributed by atoms with van der Waals surface area (Å²) in [6.07, 6.45) is 0.767. The van der Waals surface area contributed by atoms with Crippen molar-refractivity contribution in [3.8, 4) is 5.75 Å². The van der Waals surface area contributed by atoms with Crippen LogP contribution >= 0.6 is 23.2 Å².